The lowest BCUT2D eigenvalue weighted by molar-refractivity contribution is 0.00641. The maximum Gasteiger partial charge on any atom is 0.343 e. The lowest BCUT2D eigenvalue weighted by atomic mass is 10.2. The molecule has 0 radical (unpaired) electrons. The molecule has 1 rings (SSSR count). The highest BCUT2D eigenvalue weighted by Crippen LogP contribution is 2.20. The average Bonchev–Trinajstić information content (AvgIpc) is 2.14. The highest BCUT2D eigenvalue weighted by molar-refractivity contribution is 7.98. The van der Waals surface area contributed by atoms with Crippen LogP contribution in [0.2, 0.25) is 0 Å². The van der Waals surface area contributed by atoms with E-state index in [1.54, 1.807) is 6.92 Å². The Labute approximate surface area is 99.8 Å². The van der Waals surface area contributed by atoms with Gasteiger partial charge in [-0.15, -0.1) is 11.8 Å². The zero-order valence-electron chi connectivity index (χ0n) is 10.2. The number of hydrogen-bond donors (Lipinski definition) is 0. The lowest BCUT2D eigenvalue weighted by Crippen LogP contribution is -2.24. The van der Waals surface area contributed by atoms with Gasteiger partial charge < -0.3 is 4.74 Å². The van der Waals surface area contributed by atoms with E-state index in [0.29, 0.717) is 16.4 Å². The molecule has 1 aromatic rings. The molecule has 0 fully saturated rings. The summed E-state index contributed by atoms with van der Waals surface area (Å²) in [4.78, 5) is 20.0. The summed E-state index contributed by atoms with van der Waals surface area (Å²) in [6, 6.07) is 0. The minimum atomic E-state index is -0.502. The summed E-state index contributed by atoms with van der Waals surface area (Å²) in [5, 5.41) is 0.654. The molecule has 0 N–H and O–H groups in total. The first-order valence-electron chi connectivity index (χ1n) is 4.94. The van der Waals surface area contributed by atoms with Crippen LogP contribution >= 0.6 is 11.8 Å². The third-order valence-corrected chi connectivity index (χ3v) is 2.38. The molecule has 16 heavy (non-hydrogen) atoms. The number of hydrogen-bond acceptors (Lipinski definition) is 5. The van der Waals surface area contributed by atoms with E-state index in [-0.39, 0.29) is 5.97 Å². The normalized spacial score (nSPS) is 11.3. The van der Waals surface area contributed by atoms with E-state index in [1.807, 2.05) is 27.0 Å². The second kappa shape index (κ2) is 4.82. The minimum Gasteiger partial charge on any atom is -0.456 e. The van der Waals surface area contributed by atoms with Crippen molar-refractivity contribution in [1.82, 2.24) is 9.97 Å². The van der Waals surface area contributed by atoms with Crippen molar-refractivity contribution in [2.45, 2.75) is 38.3 Å². The lowest BCUT2D eigenvalue weighted by Gasteiger charge is -2.19. The predicted octanol–water partition coefficient (Wildman–Crippen LogP) is 2.46. The summed E-state index contributed by atoms with van der Waals surface area (Å²) >= 11 is 1.41. The summed E-state index contributed by atoms with van der Waals surface area (Å²) in [5.41, 5.74) is -0.0782. The summed E-state index contributed by atoms with van der Waals surface area (Å²) < 4.78 is 5.27. The van der Waals surface area contributed by atoms with E-state index in [2.05, 4.69) is 9.97 Å². The number of esters is 1. The molecule has 88 valence electrons. The monoisotopic (exact) mass is 240 g/mol. The molecule has 0 amide bonds. The number of carbonyl (C=O) groups is 1. The van der Waals surface area contributed by atoms with Gasteiger partial charge in [0.15, 0.2) is 0 Å². The predicted molar refractivity (Wildman–Crippen MR) is 63.7 cm³/mol. The highest BCUT2D eigenvalue weighted by Gasteiger charge is 2.21. The minimum absolute atomic E-state index is 0.378. The van der Waals surface area contributed by atoms with Gasteiger partial charge in [0.2, 0.25) is 0 Å². The van der Waals surface area contributed by atoms with Crippen molar-refractivity contribution in [3.8, 4) is 0 Å². The summed E-state index contributed by atoms with van der Waals surface area (Å²) in [5.74, 6) is 0.272. The molecule has 4 nitrogen and oxygen atoms in total. The van der Waals surface area contributed by atoms with Crippen LogP contribution in [0, 0.1) is 6.92 Å². The Hall–Kier alpha value is -1.10. The molecule has 0 saturated heterocycles. The Kier molecular flexibility index (Phi) is 3.91. The summed E-state index contributed by atoms with van der Waals surface area (Å²) in [6.07, 6.45) is 3.39. The Balaban J connectivity index is 2.99. The quantitative estimate of drug-likeness (QED) is 0.451. The van der Waals surface area contributed by atoms with Crippen LogP contribution in [0.25, 0.3) is 0 Å². The van der Waals surface area contributed by atoms with Crippen LogP contribution in [-0.4, -0.2) is 27.8 Å². The molecule has 0 aliphatic heterocycles. The molecule has 0 atom stereocenters. The highest BCUT2D eigenvalue weighted by atomic mass is 32.2. The number of ether oxygens (including phenoxy) is 1. The van der Waals surface area contributed by atoms with E-state index in [9.17, 15) is 4.79 Å². The van der Waals surface area contributed by atoms with Crippen LogP contribution in [0.3, 0.4) is 0 Å². The number of aryl methyl sites for hydroxylation is 1. The molecule has 0 aliphatic rings. The largest absolute Gasteiger partial charge is 0.456 e. The van der Waals surface area contributed by atoms with E-state index < -0.39 is 5.60 Å². The molecule has 1 aromatic heterocycles. The van der Waals surface area contributed by atoms with Crippen LogP contribution in [0.15, 0.2) is 11.2 Å². The van der Waals surface area contributed by atoms with E-state index >= 15 is 0 Å². The van der Waals surface area contributed by atoms with Gasteiger partial charge >= 0.3 is 5.97 Å². The van der Waals surface area contributed by atoms with Gasteiger partial charge in [-0.05, 0) is 34.0 Å². The molecule has 0 unspecified atom stereocenters. The van der Waals surface area contributed by atoms with Crippen LogP contribution in [0.1, 0.15) is 37.0 Å². The van der Waals surface area contributed by atoms with Gasteiger partial charge in [0.25, 0.3) is 0 Å². The summed E-state index contributed by atoms with van der Waals surface area (Å²) in [6.45, 7) is 7.29. The fraction of sp³-hybridized carbons (Fsp3) is 0.545. The van der Waals surface area contributed by atoms with Crippen LogP contribution < -0.4 is 0 Å². The number of carbonyl (C=O) groups excluding carboxylic acids is 1. The van der Waals surface area contributed by atoms with Crippen LogP contribution in [0.5, 0.6) is 0 Å². The smallest absolute Gasteiger partial charge is 0.343 e. The number of rotatable bonds is 2. The molecular weight excluding hydrogens is 224 g/mol. The van der Waals surface area contributed by atoms with Crippen LogP contribution in [0.4, 0.5) is 0 Å². The zero-order chi connectivity index (χ0) is 12.3. The third-order valence-electron chi connectivity index (χ3n) is 1.69. The molecule has 0 aromatic carbocycles. The van der Waals surface area contributed by atoms with Gasteiger partial charge in [-0.25, -0.2) is 14.8 Å². The topological polar surface area (TPSA) is 52.1 Å². The molecule has 0 spiro atoms. The Morgan fingerprint density at radius 2 is 2.06 bits per heavy atom. The second-order valence-corrected chi connectivity index (χ2v) is 5.14. The average molecular weight is 240 g/mol. The first kappa shape index (κ1) is 13.0. The van der Waals surface area contributed by atoms with Gasteiger partial charge in [-0.3, -0.25) is 0 Å². The fourth-order valence-corrected chi connectivity index (χ4v) is 1.66. The van der Waals surface area contributed by atoms with E-state index in [1.165, 1.54) is 18.0 Å². The van der Waals surface area contributed by atoms with Gasteiger partial charge in [-0.2, -0.15) is 0 Å². The van der Waals surface area contributed by atoms with Gasteiger partial charge in [0, 0.05) is 6.20 Å². The number of thioether (sulfide) groups is 1. The van der Waals surface area contributed by atoms with Crippen molar-refractivity contribution in [2.75, 3.05) is 6.26 Å². The first-order valence-corrected chi connectivity index (χ1v) is 6.17. The first-order chi connectivity index (χ1) is 7.33. The van der Waals surface area contributed by atoms with E-state index in [0.717, 1.165) is 0 Å². The third kappa shape index (κ3) is 3.48. The zero-order valence-corrected chi connectivity index (χ0v) is 11.0. The Bertz CT molecular complexity index is 399. The van der Waals surface area contributed by atoms with Crippen molar-refractivity contribution in [1.29, 1.82) is 0 Å². The van der Waals surface area contributed by atoms with E-state index in [4.69, 9.17) is 4.74 Å². The molecule has 1 heterocycles. The van der Waals surface area contributed by atoms with Crippen molar-refractivity contribution < 1.29 is 9.53 Å². The summed E-state index contributed by atoms with van der Waals surface area (Å²) in [7, 11) is 0. The van der Waals surface area contributed by atoms with Crippen LogP contribution in [-0.2, 0) is 4.74 Å². The standard InChI is InChI=1S/C11H16N2O2S/c1-7-12-6-8(9(13-7)16-5)10(14)15-11(2,3)4/h6H,1-5H3. The number of nitrogens with zero attached hydrogens (tertiary/aromatic N) is 2. The van der Waals surface area contributed by atoms with Gasteiger partial charge in [0.1, 0.15) is 22.0 Å². The van der Waals surface area contributed by atoms with Gasteiger partial charge in [0.05, 0.1) is 0 Å². The maximum absolute atomic E-state index is 11.8. The number of aromatic nitrogens is 2. The molecule has 0 aliphatic carbocycles. The molecule has 0 saturated carbocycles. The molecular formula is C11H16N2O2S. The Morgan fingerprint density at radius 3 is 2.56 bits per heavy atom. The van der Waals surface area contributed by atoms with Crippen molar-refractivity contribution in [2.24, 2.45) is 0 Å². The second-order valence-electron chi connectivity index (χ2n) is 4.34. The Morgan fingerprint density at radius 1 is 1.44 bits per heavy atom. The molecule has 0 bridgehead atoms. The van der Waals surface area contributed by atoms with Gasteiger partial charge in [-0.1, -0.05) is 0 Å². The fourth-order valence-electron chi connectivity index (χ4n) is 1.08. The van der Waals surface area contributed by atoms with Crippen molar-refractivity contribution in [3.63, 3.8) is 0 Å². The maximum atomic E-state index is 11.8. The van der Waals surface area contributed by atoms with Crippen molar-refractivity contribution >= 4 is 17.7 Å². The molecule has 5 heteroatoms. The SMILES string of the molecule is CSc1nc(C)ncc1C(=O)OC(C)(C)C. The van der Waals surface area contributed by atoms with Crippen molar-refractivity contribution in [3.05, 3.63) is 17.6 Å².